The van der Waals surface area contributed by atoms with E-state index in [1.165, 1.54) is 55.1 Å². The van der Waals surface area contributed by atoms with Crippen LogP contribution in [0.3, 0.4) is 0 Å². The molecule has 9 rings (SSSR count). The first-order chi connectivity index (χ1) is 23.7. The minimum Gasteiger partial charge on any atom is -0.454 e. The highest BCUT2D eigenvalue weighted by Crippen LogP contribution is 2.56. The Morgan fingerprint density at radius 2 is 1.18 bits per heavy atom. The molecule has 0 aliphatic heterocycles. The Bertz CT molecular complexity index is 2540. The molecule has 0 unspecified atom stereocenters. The first-order valence-electron chi connectivity index (χ1n) is 17.3. The van der Waals surface area contributed by atoms with Crippen LogP contribution in [0.25, 0.3) is 55.0 Å². The molecule has 1 heterocycles. The standard InChI is InChI=1S/C47H39NO/c1-46(2,3)32-23-27-34(28-24-32)48(33-25-21-31(22-26-33)36-18-12-14-30-13-6-7-15-35(30)36)41-29-40-43(37-16-8-10-19-39(37)47(40,4)5)44-38-17-9-11-20-42(38)49-45(41)44/h6-29H,1-5H3. The van der Waals surface area contributed by atoms with Gasteiger partial charge in [-0.1, -0.05) is 144 Å². The first-order valence-corrected chi connectivity index (χ1v) is 17.3. The lowest BCUT2D eigenvalue weighted by Gasteiger charge is -2.29. The van der Waals surface area contributed by atoms with E-state index in [9.17, 15) is 0 Å². The molecule has 2 heteroatoms. The molecule has 238 valence electrons. The number of anilines is 3. The Hall–Kier alpha value is -5.60. The number of para-hydroxylation sites is 1. The second-order valence-electron chi connectivity index (χ2n) is 15.0. The molecule has 1 aliphatic rings. The molecule has 0 atom stereocenters. The van der Waals surface area contributed by atoms with Gasteiger partial charge in [0.1, 0.15) is 5.58 Å². The summed E-state index contributed by atoms with van der Waals surface area (Å²) >= 11 is 0. The largest absolute Gasteiger partial charge is 0.454 e. The number of benzene rings is 7. The molecular formula is C47H39NO. The maximum absolute atomic E-state index is 6.89. The van der Waals surface area contributed by atoms with Crippen molar-refractivity contribution < 1.29 is 4.42 Å². The van der Waals surface area contributed by atoms with Crippen LogP contribution in [-0.4, -0.2) is 0 Å². The molecule has 0 radical (unpaired) electrons. The second-order valence-corrected chi connectivity index (χ2v) is 15.0. The predicted molar refractivity (Wildman–Crippen MR) is 208 cm³/mol. The van der Waals surface area contributed by atoms with Gasteiger partial charge in [-0.25, -0.2) is 0 Å². The third-order valence-corrected chi connectivity index (χ3v) is 10.6. The van der Waals surface area contributed by atoms with Crippen LogP contribution in [-0.2, 0) is 10.8 Å². The Labute approximate surface area is 288 Å². The van der Waals surface area contributed by atoms with Gasteiger partial charge < -0.3 is 9.32 Å². The molecule has 2 nitrogen and oxygen atoms in total. The zero-order chi connectivity index (χ0) is 33.5. The van der Waals surface area contributed by atoms with E-state index in [-0.39, 0.29) is 10.8 Å². The van der Waals surface area contributed by atoms with E-state index < -0.39 is 0 Å². The highest BCUT2D eigenvalue weighted by atomic mass is 16.3. The average Bonchev–Trinajstić information content (AvgIpc) is 3.61. The fourth-order valence-corrected chi connectivity index (χ4v) is 8.02. The fourth-order valence-electron chi connectivity index (χ4n) is 8.02. The molecular weight excluding hydrogens is 595 g/mol. The van der Waals surface area contributed by atoms with Crippen LogP contribution in [0.2, 0.25) is 0 Å². The molecule has 7 aromatic carbocycles. The van der Waals surface area contributed by atoms with Crippen LogP contribution >= 0.6 is 0 Å². The molecule has 8 aromatic rings. The van der Waals surface area contributed by atoms with Crippen molar-refractivity contribution in [3.63, 3.8) is 0 Å². The summed E-state index contributed by atoms with van der Waals surface area (Å²) in [6, 6.07) is 53.1. The molecule has 0 saturated heterocycles. The van der Waals surface area contributed by atoms with Gasteiger partial charge in [-0.15, -0.1) is 0 Å². The molecule has 0 fully saturated rings. The number of hydrogen-bond donors (Lipinski definition) is 0. The van der Waals surface area contributed by atoms with E-state index in [2.05, 4.69) is 185 Å². The third-order valence-electron chi connectivity index (χ3n) is 10.6. The maximum Gasteiger partial charge on any atom is 0.160 e. The number of hydrogen-bond acceptors (Lipinski definition) is 2. The Balaban J connectivity index is 1.31. The smallest absolute Gasteiger partial charge is 0.160 e. The zero-order valence-electron chi connectivity index (χ0n) is 28.7. The first kappa shape index (κ1) is 29.5. The minimum absolute atomic E-state index is 0.0544. The van der Waals surface area contributed by atoms with Crippen molar-refractivity contribution in [2.24, 2.45) is 0 Å². The third kappa shape index (κ3) is 4.54. The summed E-state index contributed by atoms with van der Waals surface area (Å²) in [4.78, 5) is 2.39. The zero-order valence-corrected chi connectivity index (χ0v) is 28.7. The highest BCUT2D eigenvalue weighted by molar-refractivity contribution is 6.19. The van der Waals surface area contributed by atoms with Crippen LogP contribution in [0.15, 0.2) is 150 Å². The quantitative estimate of drug-likeness (QED) is 0.192. The van der Waals surface area contributed by atoms with Crippen LogP contribution in [0, 0.1) is 0 Å². The van der Waals surface area contributed by atoms with E-state index >= 15 is 0 Å². The van der Waals surface area contributed by atoms with Gasteiger partial charge >= 0.3 is 0 Å². The number of furan rings is 1. The number of fused-ring (bicyclic) bond motifs is 8. The van der Waals surface area contributed by atoms with Crippen LogP contribution in [0.4, 0.5) is 17.1 Å². The van der Waals surface area contributed by atoms with Gasteiger partial charge in [0.25, 0.3) is 0 Å². The highest BCUT2D eigenvalue weighted by Gasteiger charge is 2.39. The number of rotatable bonds is 4. The van der Waals surface area contributed by atoms with Crippen molar-refractivity contribution in [1.29, 1.82) is 0 Å². The summed E-state index contributed by atoms with van der Waals surface area (Å²) in [6.07, 6.45) is 0. The van der Waals surface area contributed by atoms with E-state index in [4.69, 9.17) is 4.42 Å². The summed E-state index contributed by atoms with van der Waals surface area (Å²) in [7, 11) is 0. The topological polar surface area (TPSA) is 16.4 Å². The molecule has 1 aliphatic carbocycles. The summed E-state index contributed by atoms with van der Waals surface area (Å²) in [5.41, 5.74) is 13.9. The molecule has 0 amide bonds. The second kappa shape index (κ2) is 10.7. The normalized spacial score (nSPS) is 13.6. The van der Waals surface area contributed by atoms with E-state index in [0.717, 1.165) is 33.6 Å². The Kier molecular flexibility index (Phi) is 6.45. The molecule has 0 spiro atoms. The Morgan fingerprint density at radius 3 is 1.94 bits per heavy atom. The summed E-state index contributed by atoms with van der Waals surface area (Å²) in [5.74, 6) is 0. The predicted octanol–water partition coefficient (Wildman–Crippen LogP) is 13.5. The lowest BCUT2D eigenvalue weighted by Crippen LogP contribution is -2.17. The van der Waals surface area contributed by atoms with Crippen molar-refractivity contribution in [3.8, 4) is 22.3 Å². The van der Waals surface area contributed by atoms with Gasteiger partial charge in [-0.3, -0.25) is 0 Å². The van der Waals surface area contributed by atoms with Crippen molar-refractivity contribution in [1.82, 2.24) is 0 Å². The van der Waals surface area contributed by atoms with Crippen molar-refractivity contribution >= 4 is 49.8 Å². The lowest BCUT2D eigenvalue weighted by atomic mass is 9.82. The monoisotopic (exact) mass is 633 g/mol. The van der Waals surface area contributed by atoms with Gasteiger partial charge in [-0.2, -0.15) is 0 Å². The number of nitrogens with zero attached hydrogens (tertiary/aromatic N) is 1. The SMILES string of the molecule is CC(C)(C)c1ccc(N(c2ccc(-c3cccc4ccccc34)cc2)c2cc3c(c4c2oc2ccccc24)-c2ccccc2C3(C)C)cc1. The maximum atomic E-state index is 6.89. The van der Waals surface area contributed by atoms with Gasteiger partial charge in [-0.05, 0) is 91.5 Å². The Morgan fingerprint density at radius 1 is 0.571 bits per heavy atom. The lowest BCUT2D eigenvalue weighted by molar-refractivity contribution is 0.590. The van der Waals surface area contributed by atoms with E-state index in [1.54, 1.807) is 0 Å². The van der Waals surface area contributed by atoms with Crippen molar-refractivity contribution in [2.45, 2.75) is 45.4 Å². The van der Waals surface area contributed by atoms with Crippen LogP contribution < -0.4 is 4.90 Å². The average molecular weight is 634 g/mol. The van der Waals surface area contributed by atoms with Crippen molar-refractivity contribution in [3.05, 3.63) is 162 Å². The van der Waals surface area contributed by atoms with Gasteiger partial charge in [0.05, 0.1) is 5.69 Å². The fraction of sp³-hybridized carbons (Fsp3) is 0.149. The summed E-state index contributed by atoms with van der Waals surface area (Å²) < 4.78 is 6.89. The minimum atomic E-state index is -0.173. The molecule has 49 heavy (non-hydrogen) atoms. The molecule has 0 bridgehead atoms. The molecule has 0 N–H and O–H groups in total. The van der Waals surface area contributed by atoms with Gasteiger partial charge in [0, 0.05) is 27.6 Å². The van der Waals surface area contributed by atoms with Crippen molar-refractivity contribution in [2.75, 3.05) is 4.90 Å². The molecule has 0 saturated carbocycles. The van der Waals surface area contributed by atoms with E-state index in [1.807, 2.05) is 0 Å². The summed E-state index contributed by atoms with van der Waals surface area (Å²) in [5, 5.41) is 4.85. The van der Waals surface area contributed by atoms with Gasteiger partial charge in [0.2, 0.25) is 0 Å². The summed E-state index contributed by atoms with van der Waals surface area (Å²) in [6.45, 7) is 11.5. The van der Waals surface area contributed by atoms with E-state index in [0.29, 0.717) is 0 Å². The van der Waals surface area contributed by atoms with Crippen LogP contribution in [0.5, 0.6) is 0 Å². The van der Waals surface area contributed by atoms with Crippen LogP contribution in [0.1, 0.15) is 51.3 Å². The van der Waals surface area contributed by atoms with Gasteiger partial charge in [0.15, 0.2) is 5.58 Å². The molecule has 1 aromatic heterocycles.